The number of carbonyl (C=O) groups excluding carboxylic acids is 1. The van der Waals surface area contributed by atoms with Gasteiger partial charge >= 0.3 is 0 Å². The minimum atomic E-state index is 0.00907. The van der Waals surface area contributed by atoms with Gasteiger partial charge in [0, 0.05) is 31.5 Å². The number of nitrogens with zero attached hydrogens (tertiary/aromatic N) is 4. The zero-order valence-corrected chi connectivity index (χ0v) is 16.1. The second-order valence-electron chi connectivity index (χ2n) is 7.99. The van der Waals surface area contributed by atoms with Crippen LogP contribution in [-0.2, 0) is 28.9 Å². The number of fused-ring (bicyclic) bond motifs is 2. The SMILES string of the molecule is O=C1CCO[C@H]2CN(c3ncc4c(n3)CCCC4)C[C@@H]2N1Cc1ccccc1. The van der Waals surface area contributed by atoms with E-state index < -0.39 is 0 Å². The van der Waals surface area contributed by atoms with Crippen LogP contribution in [0.2, 0.25) is 0 Å². The summed E-state index contributed by atoms with van der Waals surface area (Å²) in [5.74, 6) is 0.953. The Hall–Kier alpha value is -2.47. The summed E-state index contributed by atoms with van der Waals surface area (Å²) in [7, 11) is 0. The molecule has 6 nitrogen and oxygen atoms in total. The van der Waals surface area contributed by atoms with E-state index in [2.05, 4.69) is 22.0 Å². The quantitative estimate of drug-likeness (QED) is 0.821. The van der Waals surface area contributed by atoms with Crippen LogP contribution in [0.3, 0.4) is 0 Å². The van der Waals surface area contributed by atoms with Crippen molar-refractivity contribution in [3.05, 3.63) is 53.3 Å². The lowest BCUT2D eigenvalue weighted by atomic mass is 9.98. The molecule has 2 atom stereocenters. The van der Waals surface area contributed by atoms with Gasteiger partial charge in [0.2, 0.25) is 11.9 Å². The molecule has 1 aromatic heterocycles. The normalized spacial score (nSPS) is 24.6. The van der Waals surface area contributed by atoms with Gasteiger partial charge in [-0.1, -0.05) is 30.3 Å². The van der Waals surface area contributed by atoms with Crippen molar-refractivity contribution < 1.29 is 9.53 Å². The van der Waals surface area contributed by atoms with Gasteiger partial charge in [-0.3, -0.25) is 4.79 Å². The van der Waals surface area contributed by atoms with E-state index in [1.165, 1.54) is 24.1 Å². The predicted molar refractivity (Wildman–Crippen MR) is 106 cm³/mol. The van der Waals surface area contributed by atoms with Gasteiger partial charge in [0.1, 0.15) is 0 Å². The largest absolute Gasteiger partial charge is 0.374 e. The van der Waals surface area contributed by atoms with Crippen molar-refractivity contribution >= 4 is 11.9 Å². The first-order valence-electron chi connectivity index (χ1n) is 10.3. The van der Waals surface area contributed by atoms with Crippen LogP contribution in [0.15, 0.2) is 36.5 Å². The Kier molecular flexibility index (Phi) is 4.72. The lowest BCUT2D eigenvalue weighted by Crippen LogP contribution is -2.45. The first-order chi connectivity index (χ1) is 13.8. The van der Waals surface area contributed by atoms with Crippen molar-refractivity contribution in [1.82, 2.24) is 14.9 Å². The van der Waals surface area contributed by atoms with Crippen LogP contribution in [-0.4, -0.2) is 52.6 Å². The van der Waals surface area contributed by atoms with Crippen molar-refractivity contribution in [2.75, 3.05) is 24.6 Å². The van der Waals surface area contributed by atoms with Gasteiger partial charge in [0.15, 0.2) is 0 Å². The molecule has 1 aromatic carbocycles. The first kappa shape index (κ1) is 17.6. The molecule has 146 valence electrons. The van der Waals surface area contributed by atoms with Crippen molar-refractivity contribution in [3.63, 3.8) is 0 Å². The summed E-state index contributed by atoms with van der Waals surface area (Å²) in [6, 6.07) is 10.2. The summed E-state index contributed by atoms with van der Waals surface area (Å²) < 4.78 is 6.07. The highest BCUT2D eigenvalue weighted by atomic mass is 16.5. The van der Waals surface area contributed by atoms with Gasteiger partial charge in [0.25, 0.3) is 0 Å². The summed E-state index contributed by atoms with van der Waals surface area (Å²) in [6.45, 7) is 2.58. The molecule has 0 unspecified atom stereocenters. The highest BCUT2D eigenvalue weighted by molar-refractivity contribution is 5.77. The molecule has 1 amide bonds. The molecule has 0 saturated carbocycles. The topological polar surface area (TPSA) is 58.6 Å². The Labute approximate surface area is 165 Å². The molecule has 2 aliphatic heterocycles. The zero-order valence-electron chi connectivity index (χ0n) is 16.1. The third-order valence-electron chi connectivity index (χ3n) is 6.14. The van der Waals surface area contributed by atoms with Crippen LogP contribution in [0.4, 0.5) is 5.95 Å². The number of benzene rings is 1. The third kappa shape index (κ3) is 3.37. The van der Waals surface area contributed by atoms with E-state index >= 15 is 0 Å². The van der Waals surface area contributed by atoms with Crippen molar-refractivity contribution in [2.24, 2.45) is 0 Å². The van der Waals surface area contributed by atoms with Gasteiger partial charge < -0.3 is 14.5 Å². The highest BCUT2D eigenvalue weighted by Gasteiger charge is 2.42. The number of ether oxygens (including phenoxy) is 1. The molecule has 1 aliphatic carbocycles. The summed E-state index contributed by atoms with van der Waals surface area (Å²) in [5.41, 5.74) is 3.64. The van der Waals surface area contributed by atoms with E-state index in [4.69, 9.17) is 9.72 Å². The fraction of sp³-hybridized carbons (Fsp3) is 0.500. The molecule has 6 heteroatoms. The Morgan fingerprint density at radius 3 is 2.82 bits per heavy atom. The minimum absolute atomic E-state index is 0.00907. The standard InChI is InChI=1S/C22H26N4O2/c27-21-10-11-28-20-15-25(22-23-12-17-8-4-5-9-18(17)24-22)14-19(20)26(21)13-16-6-2-1-3-7-16/h1-3,6-7,12,19-20H,4-5,8-11,13-15H2/t19-,20-/m0/s1. The lowest BCUT2D eigenvalue weighted by molar-refractivity contribution is -0.133. The van der Waals surface area contributed by atoms with Crippen LogP contribution in [0, 0.1) is 0 Å². The van der Waals surface area contributed by atoms with Gasteiger partial charge in [-0.2, -0.15) is 0 Å². The van der Waals surface area contributed by atoms with Gasteiger partial charge in [-0.15, -0.1) is 0 Å². The fourth-order valence-corrected chi connectivity index (χ4v) is 4.61. The van der Waals surface area contributed by atoms with Crippen LogP contribution < -0.4 is 4.90 Å². The van der Waals surface area contributed by atoms with Crippen molar-refractivity contribution in [3.8, 4) is 0 Å². The predicted octanol–water partition coefficient (Wildman–Crippen LogP) is 2.36. The number of aromatic nitrogens is 2. The third-order valence-corrected chi connectivity index (χ3v) is 6.14. The first-order valence-corrected chi connectivity index (χ1v) is 10.3. The van der Waals surface area contributed by atoms with Crippen molar-refractivity contribution in [2.45, 2.75) is 50.8 Å². The molecule has 28 heavy (non-hydrogen) atoms. The molecule has 2 fully saturated rings. The molecule has 2 saturated heterocycles. The van der Waals surface area contributed by atoms with Crippen LogP contribution in [0.5, 0.6) is 0 Å². The molecular formula is C22H26N4O2. The van der Waals surface area contributed by atoms with E-state index in [0.29, 0.717) is 19.6 Å². The molecule has 0 bridgehead atoms. The Morgan fingerprint density at radius 1 is 1.07 bits per heavy atom. The summed E-state index contributed by atoms with van der Waals surface area (Å²) in [6.07, 6.45) is 7.03. The lowest BCUT2D eigenvalue weighted by Gasteiger charge is -2.29. The maximum Gasteiger partial charge on any atom is 0.225 e. The molecule has 3 heterocycles. The van der Waals surface area contributed by atoms with Gasteiger partial charge in [-0.05, 0) is 36.8 Å². The van der Waals surface area contributed by atoms with E-state index in [1.54, 1.807) is 0 Å². The monoisotopic (exact) mass is 378 g/mol. The van der Waals surface area contributed by atoms with E-state index in [0.717, 1.165) is 37.4 Å². The second-order valence-corrected chi connectivity index (χ2v) is 7.99. The highest BCUT2D eigenvalue weighted by Crippen LogP contribution is 2.28. The number of carbonyl (C=O) groups is 1. The summed E-state index contributed by atoms with van der Waals surface area (Å²) >= 11 is 0. The molecule has 5 rings (SSSR count). The van der Waals surface area contributed by atoms with Crippen LogP contribution >= 0.6 is 0 Å². The number of hydrogen-bond acceptors (Lipinski definition) is 5. The number of aryl methyl sites for hydroxylation is 2. The second kappa shape index (κ2) is 7.51. The Morgan fingerprint density at radius 2 is 1.93 bits per heavy atom. The average Bonchev–Trinajstić information content (AvgIpc) is 3.10. The molecule has 0 radical (unpaired) electrons. The fourth-order valence-electron chi connectivity index (χ4n) is 4.61. The van der Waals surface area contributed by atoms with E-state index in [1.807, 2.05) is 29.3 Å². The molecule has 3 aliphatic rings. The molecule has 0 spiro atoms. The van der Waals surface area contributed by atoms with Gasteiger partial charge in [-0.25, -0.2) is 9.97 Å². The number of hydrogen-bond donors (Lipinski definition) is 0. The van der Waals surface area contributed by atoms with Crippen LogP contribution in [0.1, 0.15) is 36.1 Å². The molecule has 2 aromatic rings. The molecular weight excluding hydrogens is 352 g/mol. The number of rotatable bonds is 3. The number of amides is 1. The smallest absolute Gasteiger partial charge is 0.225 e. The Bertz CT molecular complexity index is 857. The average molecular weight is 378 g/mol. The maximum atomic E-state index is 12.8. The summed E-state index contributed by atoms with van der Waals surface area (Å²) in [4.78, 5) is 26.5. The molecule has 0 N–H and O–H groups in total. The van der Waals surface area contributed by atoms with E-state index in [9.17, 15) is 4.79 Å². The summed E-state index contributed by atoms with van der Waals surface area (Å²) in [5, 5.41) is 0. The van der Waals surface area contributed by atoms with E-state index in [-0.39, 0.29) is 18.1 Å². The minimum Gasteiger partial charge on any atom is -0.374 e. The van der Waals surface area contributed by atoms with Crippen LogP contribution in [0.25, 0.3) is 0 Å². The number of anilines is 1. The maximum absolute atomic E-state index is 12.8. The zero-order chi connectivity index (χ0) is 18.9. The van der Waals surface area contributed by atoms with Gasteiger partial charge in [0.05, 0.1) is 25.2 Å². The Balaban J connectivity index is 1.38. The van der Waals surface area contributed by atoms with Crippen molar-refractivity contribution in [1.29, 1.82) is 0 Å².